The molecule has 1 aliphatic heterocycles. The van der Waals surface area contributed by atoms with Gasteiger partial charge in [-0.15, -0.1) is 0 Å². The number of hydrogen-bond acceptors (Lipinski definition) is 2. The van der Waals surface area contributed by atoms with Crippen LogP contribution in [0.1, 0.15) is 11.6 Å². The van der Waals surface area contributed by atoms with Crippen molar-refractivity contribution < 1.29 is 9.13 Å². The number of fused-ring (bicyclic) bond motifs is 1. The Morgan fingerprint density at radius 3 is 3.08 bits per heavy atom. The molecule has 2 N–H and O–H groups in total. The molecular formula is C8H7ClFNO. The first-order chi connectivity index (χ1) is 5.70. The zero-order valence-corrected chi connectivity index (χ0v) is 6.94. The van der Waals surface area contributed by atoms with Gasteiger partial charge in [-0.25, -0.2) is 4.39 Å². The van der Waals surface area contributed by atoms with Crippen LogP contribution < -0.4 is 10.5 Å². The third-order valence-corrected chi connectivity index (χ3v) is 2.24. The molecule has 1 atom stereocenters. The fourth-order valence-electron chi connectivity index (χ4n) is 1.25. The molecule has 0 amide bonds. The van der Waals surface area contributed by atoms with Crippen LogP contribution in [0.3, 0.4) is 0 Å². The quantitative estimate of drug-likeness (QED) is 0.673. The molecule has 2 rings (SSSR count). The lowest BCUT2D eigenvalue weighted by Crippen LogP contribution is -2.10. The lowest BCUT2D eigenvalue weighted by Gasteiger charge is -2.02. The molecule has 0 saturated carbocycles. The normalized spacial score (nSPS) is 20.4. The molecule has 0 aliphatic carbocycles. The molecule has 0 saturated heterocycles. The lowest BCUT2D eigenvalue weighted by atomic mass is 10.1. The minimum Gasteiger partial charge on any atom is -0.490 e. The maximum Gasteiger partial charge on any atom is 0.145 e. The topological polar surface area (TPSA) is 35.2 Å². The fourth-order valence-corrected chi connectivity index (χ4v) is 1.48. The summed E-state index contributed by atoms with van der Waals surface area (Å²) in [5.41, 5.74) is 6.44. The van der Waals surface area contributed by atoms with Crippen LogP contribution in [-0.4, -0.2) is 6.61 Å². The largest absolute Gasteiger partial charge is 0.490 e. The highest BCUT2D eigenvalue weighted by molar-refractivity contribution is 6.32. The van der Waals surface area contributed by atoms with Crippen molar-refractivity contribution in [3.63, 3.8) is 0 Å². The zero-order chi connectivity index (χ0) is 8.72. The Kier molecular flexibility index (Phi) is 1.70. The summed E-state index contributed by atoms with van der Waals surface area (Å²) in [7, 11) is 0. The summed E-state index contributed by atoms with van der Waals surface area (Å²) in [6.07, 6.45) is 0. The van der Waals surface area contributed by atoms with Gasteiger partial charge in [0.15, 0.2) is 0 Å². The minimum atomic E-state index is -0.468. The second-order valence-electron chi connectivity index (χ2n) is 2.70. The third-order valence-electron chi connectivity index (χ3n) is 1.89. The summed E-state index contributed by atoms with van der Waals surface area (Å²) in [5, 5.41) is 0.0282. The molecule has 0 fully saturated rings. The molecular weight excluding hydrogens is 181 g/mol. The lowest BCUT2D eigenvalue weighted by molar-refractivity contribution is 0.332. The second-order valence-corrected chi connectivity index (χ2v) is 3.08. The van der Waals surface area contributed by atoms with Crippen molar-refractivity contribution in [3.8, 4) is 5.75 Å². The van der Waals surface area contributed by atoms with E-state index in [1.54, 1.807) is 6.07 Å². The van der Waals surface area contributed by atoms with Gasteiger partial charge in [-0.2, -0.15) is 0 Å². The van der Waals surface area contributed by atoms with E-state index in [1.165, 1.54) is 6.07 Å². The van der Waals surface area contributed by atoms with Gasteiger partial charge in [0.05, 0.1) is 6.04 Å². The molecule has 4 heteroatoms. The molecule has 0 radical (unpaired) electrons. The van der Waals surface area contributed by atoms with Crippen LogP contribution in [0.25, 0.3) is 0 Å². The van der Waals surface area contributed by atoms with E-state index in [9.17, 15) is 4.39 Å². The predicted molar refractivity (Wildman–Crippen MR) is 43.8 cm³/mol. The number of benzene rings is 1. The van der Waals surface area contributed by atoms with Crippen LogP contribution in [-0.2, 0) is 0 Å². The van der Waals surface area contributed by atoms with Gasteiger partial charge in [0, 0.05) is 5.56 Å². The number of halogens is 2. The molecule has 1 aromatic carbocycles. The Balaban J connectivity index is 2.60. The van der Waals surface area contributed by atoms with Crippen molar-refractivity contribution in [1.29, 1.82) is 0 Å². The van der Waals surface area contributed by atoms with Crippen LogP contribution in [0.2, 0.25) is 5.02 Å². The van der Waals surface area contributed by atoms with Gasteiger partial charge in [0.2, 0.25) is 0 Å². The van der Waals surface area contributed by atoms with Gasteiger partial charge < -0.3 is 10.5 Å². The molecule has 1 aliphatic rings. The van der Waals surface area contributed by atoms with Gasteiger partial charge in [-0.1, -0.05) is 17.7 Å². The number of ether oxygens (including phenoxy) is 1. The number of rotatable bonds is 0. The van der Waals surface area contributed by atoms with Crippen LogP contribution in [0.4, 0.5) is 4.39 Å². The Labute approximate surface area is 74.1 Å². The molecule has 0 unspecified atom stereocenters. The van der Waals surface area contributed by atoms with Crippen LogP contribution in [0.5, 0.6) is 5.75 Å². The van der Waals surface area contributed by atoms with Crippen LogP contribution in [0, 0.1) is 5.82 Å². The average molecular weight is 188 g/mol. The first-order valence-electron chi connectivity index (χ1n) is 3.56. The van der Waals surface area contributed by atoms with E-state index >= 15 is 0 Å². The van der Waals surface area contributed by atoms with E-state index in [0.717, 1.165) is 5.56 Å². The second kappa shape index (κ2) is 2.61. The Hall–Kier alpha value is -0.800. The summed E-state index contributed by atoms with van der Waals surface area (Å²) < 4.78 is 18.0. The third kappa shape index (κ3) is 0.974. The number of nitrogens with two attached hydrogens (primary N) is 1. The standard InChI is InChI=1S/C8H7ClFNO/c9-7-5(10)2-1-4-6(11)3-12-8(4)7/h1-2,6H,3,11H2/t6-/m1/s1. The van der Waals surface area contributed by atoms with Gasteiger partial charge in [-0.3, -0.25) is 0 Å². The van der Waals surface area contributed by atoms with Crippen molar-refractivity contribution in [2.75, 3.05) is 6.61 Å². The summed E-state index contributed by atoms with van der Waals surface area (Å²) in [4.78, 5) is 0. The molecule has 0 bridgehead atoms. The van der Waals surface area contributed by atoms with Gasteiger partial charge in [0.1, 0.15) is 23.2 Å². The van der Waals surface area contributed by atoms with E-state index in [1.807, 2.05) is 0 Å². The average Bonchev–Trinajstić information content (AvgIpc) is 2.41. The van der Waals surface area contributed by atoms with E-state index in [2.05, 4.69) is 0 Å². The predicted octanol–water partition coefficient (Wildman–Crippen LogP) is 1.87. The molecule has 12 heavy (non-hydrogen) atoms. The van der Waals surface area contributed by atoms with Crippen molar-refractivity contribution in [2.45, 2.75) is 6.04 Å². The summed E-state index contributed by atoms with van der Waals surface area (Å²) in [5.74, 6) is -0.0753. The van der Waals surface area contributed by atoms with Crippen molar-refractivity contribution in [2.24, 2.45) is 5.73 Å². The summed E-state index contributed by atoms with van der Waals surface area (Å²) in [6, 6.07) is 2.72. The highest BCUT2D eigenvalue weighted by Crippen LogP contribution is 2.38. The fraction of sp³-hybridized carbons (Fsp3) is 0.250. The molecule has 1 heterocycles. The minimum absolute atomic E-state index is 0.0282. The highest BCUT2D eigenvalue weighted by Gasteiger charge is 2.24. The molecule has 64 valence electrons. The van der Waals surface area contributed by atoms with E-state index < -0.39 is 5.82 Å². The molecule has 0 aromatic heterocycles. The Morgan fingerprint density at radius 2 is 2.33 bits per heavy atom. The highest BCUT2D eigenvalue weighted by atomic mass is 35.5. The van der Waals surface area contributed by atoms with Crippen molar-refractivity contribution in [1.82, 2.24) is 0 Å². The molecule has 2 nitrogen and oxygen atoms in total. The maximum absolute atomic E-state index is 12.8. The van der Waals surface area contributed by atoms with E-state index in [0.29, 0.717) is 12.4 Å². The molecule has 1 aromatic rings. The van der Waals surface area contributed by atoms with Gasteiger partial charge >= 0.3 is 0 Å². The number of hydrogen-bond donors (Lipinski definition) is 1. The summed E-state index contributed by atoms with van der Waals surface area (Å²) >= 11 is 5.65. The molecule has 0 spiro atoms. The SMILES string of the molecule is N[C@@H]1COc2c1ccc(F)c2Cl. The Bertz CT molecular complexity index is 329. The van der Waals surface area contributed by atoms with E-state index in [4.69, 9.17) is 22.1 Å². The van der Waals surface area contributed by atoms with Crippen molar-refractivity contribution >= 4 is 11.6 Å². The van der Waals surface area contributed by atoms with Gasteiger partial charge in [-0.05, 0) is 6.07 Å². The van der Waals surface area contributed by atoms with E-state index in [-0.39, 0.29) is 11.1 Å². The Morgan fingerprint density at radius 1 is 1.58 bits per heavy atom. The maximum atomic E-state index is 12.8. The van der Waals surface area contributed by atoms with Crippen molar-refractivity contribution in [3.05, 3.63) is 28.5 Å². The monoisotopic (exact) mass is 187 g/mol. The van der Waals surface area contributed by atoms with Crippen LogP contribution >= 0.6 is 11.6 Å². The smallest absolute Gasteiger partial charge is 0.145 e. The first kappa shape index (κ1) is 7.83. The van der Waals surface area contributed by atoms with Gasteiger partial charge in [0.25, 0.3) is 0 Å². The van der Waals surface area contributed by atoms with Crippen LogP contribution in [0.15, 0.2) is 12.1 Å². The zero-order valence-electron chi connectivity index (χ0n) is 6.18. The summed E-state index contributed by atoms with van der Waals surface area (Å²) in [6.45, 7) is 0.374. The first-order valence-corrected chi connectivity index (χ1v) is 3.94.